The molecule has 80 valence electrons. The average molecular weight is 205 g/mol. The zero-order valence-electron chi connectivity index (χ0n) is 8.56. The van der Waals surface area contributed by atoms with Gasteiger partial charge < -0.3 is 10.6 Å². The van der Waals surface area contributed by atoms with Crippen LogP contribution in [0.4, 0.5) is 5.82 Å². The van der Waals surface area contributed by atoms with Gasteiger partial charge in [0.05, 0.1) is 12.0 Å². The number of anilines is 1. The second-order valence-electron chi connectivity index (χ2n) is 3.80. The molecule has 1 aliphatic heterocycles. The largest absolute Gasteiger partial charge is 0.387 e. The standard InChI is InChI=1S/C10H15N5/c11-10(12)8-2-1-5-15(7-8)9-6-13-3-4-14-9/h3-4,6,8H,1-2,5,7H2,(H3,11,12). The molecule has 1 aliphatic rings. The van der Waals surface area contributed by atoms with Gasteiger partial charge in [-0.15, -0.1) is 0 Å². The zero-order chi connectivity index (χ0) is 10.7. The molecule has 2 rings (SSSR count). The van der Waals surface area contributed by atoms with Gasteiger partial charge in [-0.3, -0.25) is 10.4 Å². The Kier molecular flexibility index (Phi) is 2.80. The molecule has 5 heteroatoms. The molecule has 5 nitrogen and oxygen atoms in total. The highest BCUT2D eigenvalue weighted by Crippen LogP contribution is 2.20. The minimum absolute atomic E-state index is 0.167. The van der Waals surface area contributed by atoms with E-state index in [1.807, 2.05) is 0 Å². The van der Waals surface area contributed by atoms with Gasteiger partial charge in [-0.1, -0.05) is 0 Å². The predicted octanol–water partition coefficient (Wildman–Crippen LogP) is 0.629. The Bertz CT molecular complexity index is 337. The Morgan fingerprint density at radius 3 is 3.07 bits per heavy atom. The third kappa shape index (κ3) is 2.23. The molecule has 1 aromatic rings. The normalized spacial score (nSPS) is 21.3. The fourth-order valence-electron chi connectivity index (χ4n) is 1.89. The van der Waals surface area contributed by atoms with Crippen molar-refractivity contribution >= 4 is 11.7 Å². The maximum Gasteiger partial charge on any atom is 0.147 e. The quantitative estimate of drug-likeness (QED) is 0.548. The van der Waals surface area contributed by atoms with Gasteiger partial charge in [0.1, 0.15) is 5.82 Å². The van der Waals surface area contributed by atoms with Gasteiger partial charge in [0.15, 0.2) is 0 Å². The smallest absolute Gasteiger partial charge is 0.147 e. The number of nitrogens with zero attached hydrogens (tertiary/aromatic N) is 3. The molecule has 1 atom stereocenters. The highest BCUT2D eigenvalue weighted by atomic mass is 15.2. The van der Waals surface area contributed by atoms with E-state index in [1.165, 1.54) is 0 Å². The van der Waals surface area contributed by atoms with E-state index in [-0.39, 0.29) is 11.8 Å². The number of aromatic nitrogens is 2. The second kappa shape index (κ2) is 4.25. The highest BCUT2D eigenvalue weighted by Gasteiger charge is 2.22. The van der Waals surface area contributed by atoms with Gasteiger partial charge >= 0.3 is 0 Å². The van der Waals surface area contributed by atoms with Crippen LogP contribution < -0.4 is 10.6 Å². The highest BCUT2D eigenvalue weighted by molar-refractivity contribution is 5.80. The summed E-state index contributed by atoms with van der Waals surface area (Å²) in [5.74, 6) is 1.33. The fourth-order valence-corrected chi connectivity index (χ4v) is 1.89. The zero-order valence-corrected chi connectivity index (χ0v) is 8.56. The molecule has 0 amide bonds. The lowest BCUT2D eigenvalue weighted by Crippen LogP contribution is -2.41. The second-order valence-corrected chi connectivity index (χ2v) is 3.80. The molecule has 2 heterocycles. The third-order valence-corrected chi connectivity index (χ3v) is 2.73. The van der Waals surface area contributed by atoms with Crippen LogP contribution in [0.5, 0.6) is 0 Å². The van der Waals surface area contributed by atoms with Crippen molar-refractivity contribution in [1.29, 1.82) is 5.41 Å². The van der Waals surface area contributed by atoms with Crippen molar-refractivity contribution in [3.63, 3.8) is 0 Å². The number of nitrogens with two attached hydrogens (primary N) is 1. The van der Waals surface area contributed by atoms with Crippen LogP contribution in [0.1, 0.15) is 12.8 Å². The summed E-state index contributed by atoms with van der Waals surface area (Å²) in [4.78, 5) is 10.4. The first kappa shape index (κ1) is 9.89. The lowest BCUT2D eigenvalue weighted by Gasteiger charge is -2.32. The minimum Gasteiger partial charge on any atom is -0.387 e. The fraction of sp³-hybridized carbons (Fsp3) is 0.500. The summed E-state index contributed by atoms with van der Waals surface area (Å²) in [6.07, 6.45) is 7.16. The first-order valence-electron chi connectivity index (χ1n) is 5.12. The summed E-state index contributed by atoms with van der Waals surface area (Å²) >= 11 is 0. The molecule has 15 heavy (non-hydrogen) atoms. The summed E-state index contributed by atoms with van der Waals surface area (Å²) in [5.41, 5.74) is 5.53. The van der Waals surface area contributed by atoms with E-state index in [4.69, 9.17) is 11.1 Å². The van der Waals surface area contributed by atoms with Crippen LogP contribution in [0.25, 0.3) is 0 Å². The van der Waals surface area contributed by atoms with Crippen molar-refractivity contribution in [2.45, 2.75) is 12.8 Å². The topological polar surface area (TPSA) is 78.9 Å². The molecular weight excluding hydrogens is 190 g/mol. The van der Waals surface area contributed by atoms with Crippen LogP contribution in [0, 0.1) is 11.3 Å². The molecule has 0 saturated carbocycles. The monoisotopic (exact) mass is 205 g/mol. The molecule has 3 N–H and O–H groups in total. The lowest BCUT2D eigenvalue weighted by molar-refractivity contribution is 0.500. The van der Waals surface area contributed by atoms with Gasteiger partial charge in [0.2, 0.25) is 0 Å². The van der Waals surface area contributed by atoms with E-state index >= 15 is 0 Å². The summed E-state index contributed by atoms with van der Waals surface area (Å²) in [5, 5.41) is 7.46. The van der Waals surface area contributed by atoms with Gasteiger partial charge in [-0.25, -0.2) is 4.98 Å². The van der Waals surface area contributed by atoms with Crippen molar-refractivity contribution in [3.8, 4) is 0 Å². The lowest BCUT2D eigenvalue weighted by atomic mass is 9.97. The van der Waals surface area contributed by atoms with Crippen molar-refractivity contribution in [2.75, 3.05) is 18.0 Å². The van der Waals surface area contributed by atoms with Crippen molar-refractivity contribution in [3.05, 3.63) is 18.6 Å². The first-order chi connectivity index (χ1) is 7.27. The maximum atomic E-state index is 7.46. The molecule has 1 aromatic heterocycles. The van der Waals surface area contributed by atoms with Crippen LogP contribution in [0.15, 0.2) is 18.6 Å². The molecule has 1 saturated heterocycles. The molecule has 0 bridgehead atoms. The van der Waals surface area contributed by atoms with E-state index in [0.717, 1.165) is 31.7 Å². The number of amidine groups is 1. The Morgan fingerprint density at radius 1 is 1.53 bits per heavy atom. The van der Waals surface area contributed by atoms with E-state index in [9.17, 15) is 0 Å². The SMILES string of the molecule is N=C(N)C1CCCN(c2cnccn2)C1. The number of hydrogen-bond acceptors (Lipinski definition) is 4. The Labute approximate surface area is 88.8 Å². The van der Waals surface area contributed by atoms with Crippen LogP contribution in [-0.4, -0.2) is 28.9 Å². The molecular formula is C10H15N5. The number of hydrogen-bond donors (Lipinski definition) is 2. The summed E-state index contributed by atoms with van der Waals surface area (Å²) in [7, 11) is 0. The van der Waals surface area contributed by atoms with E-state index < -0.39 is 0 Å². The first-order valence-corrected chi connectivity index (χ1v) is 5.12. The summed E-state index contributed by atoms with van der Waals surface area (Å²) in [6.45, 7) is 1.76. The van der Waals surface area contributed by atoms with E-state index in [2.05, 4.69) is 14.9 Å². The molecule has 0 radical (unpaired) electrons. The summed E-state index contributed by atoms with van der Waals surface area (Å²) in [6, 6.07) is 0. The van der Waals surface area contributed by atoms with Crippen LogP contribution in [0.2, 0.25) is 0 Å². The van der Waals surface area contributed by atoms with Crippen molar-refractivity contribution in [1.82, 2.24) is 9.97 Å². The van der Waals surface area contributed by atoms with Gasteiger partial charge in [-0.05, 0) is 12.8 Å². The number of rotatable bonds is 2. The maximum absolute atomic E-state index is 7.46. The van der Waals surface area contributed by atoms with Gasteiger partial charge in [0, 0.05) is 31.4 Å². The van der Waals surface area contributed by atoms with E-state index in [1.54, 1.807) is 18.6 Å². The van der Waals surface area contributed by atoms with Crippen molar-refractivity contribution in [2.24, 2.45) is 11.7 Å². The minimum atomic E-state index is 0.167. The summed E-state index contributed by atoms with van der Waals surface area (Å²) < 4.78 is 0. The van der Waals surface area contributed by atoms with Crippen LogP contribution >= 0.6 is 0 Å². The Balaban J connectivity index is 2.08. The molecule has 0 spiro atoms. The Morgan fingerprint density at radius 2 is 2.40 bits per heavy atom. The molecule has 1 fully saturated rings. The molecule has 1 unspecified atom stereocenters. The average Bonchev–Trinajstić information content (AvgIpc) is 2.30. The molecule has 0 aliphatic carbocycles. The van der Waals surface area contributed by atoms with Gasteiger partial charge in [-0.2, -0.15) is 0 Å². The van der Waals surface area contributed by atoms with Crippen molar-refractivity contribution < 1.29 is 0 Å². The number of nitrogens with one attached hydrogen (secondary N) is 1. The van der Waals surface area contributed by atoms with E-state index in [0.29, 0.717) is 0 Å². The Hall–Kier alpha value is -1.65. The third-order valence-electron chi connectivity index (χ3n) is 2.73. The predicted molar refractivity (Wildman–Crippen MR) is 58.9 cm³/mol. The number of piperidine rings is 1. The van der Waals surface area contributed by atoms with Gasteiger partial charge in [0.25, 0.3) is 0 Å². The molecule has 0 aromatic carbocycles. The van der Waals surface area contributed by atoms with Crippen LogP contribution in [0.3, 0.4) is 0 Å². The van der Waals surface area contributed by atoms with Crippen LogP contribution in [-0.2, 0) is 0 Å².